The minimum atomic E-state index is 0.211. The van der Waals surface area contributed by atoms with Crippen molar-refractivity contribution in [2.75, 3.05) is 13.1 Å². The van der Waals surface area contributed by atoms with Gasteiger partial charge < -0.3 is 11.1 Å². The van der Waals surface area contributed by atoms with Crippen LogP contribution in [0, 0.1) is 11.8 Å². The summed E-state index contributed by atoms with van der Waals surface area (Å²) in [5.41, 5.74) is 5.37. The van der Waals surface area contributed by atoms with Crippen molar-refractivity contribution in [1.82, 2.24) is 5.32 Å². The molecule has 0 aromatic heterocycles. The smallest absolute Gasteiger partial charge is 0.220 e. The number of hydrogen-bond donors (Lipinski definition) is 2. The van der Waals surface area contributed by atoms with Gasteiger partial charge in [-0.1, -0.05) is 19.8 Å². The van der Waals surface area contributed by atoms with Crippen LogP contribution in [0.15, 0.2) is 0 Å². The molecule has 3 nitrogen and oxygen atoms in total. The molecule has 1 fully saturated rings. The molecule has 1 rings (SSSR count). The zero-order valence-electron chi connectivity index (χ0n) is 9.80. The first kappa shape index (κ1) is 12.5. The van der Waals surface area contributed by atoms with Crippen molar-refractivity contribution in [2.45, 2.75) is 45.4 Å². The Hall–Kier alpha value is -0.570. The number of carbonyl (C=O) groups is 1. The van der Waals surface area contributed by atoms with E-state index in [1.54, 1.807) is 0 Å². The highest BCUT2D eigenvalue weighted by Crippen LogP contribution is 2.30. The van der Waals surface area contributed by atoms with E-state index < -0.39 is 0 Å². The van der Waals surface area contributed by atoms with Crippen LogP contribution in [0.25, 0.3) is 0 Å². The lowest BCUT2D eigenvalue weighted by molar-refractivity contribution is -0.122. The summed E-state index contributed by atoms with van der Waals surface area (Å²) in [7, 11) is 0. The van der Waals surface area contributed by atoms with Crippen molar-refractivity contribution < 1.29 is 4.79 Å². The number of nitrogens with two attached hydrogens (primary N) is 1. The van der Waals surface area contributed by atoms with E-state index >= 15 is 0 Å². The fourth-order valence-electron chi connectivity index (χ4n) is 2.41. The van der Waals surface area contributed by atoms with Crippen LogP contribution in [-0.2, 0) is 4.79 Å². The van der Waals surface area contributed by atoms with E-state index in [1.165, 1.54) is 25.7 Å². The molecule has 15 heavy (non-hydrogen) atoms. The highest BCUT2D eigenvalue weighted by Gasteiger charge is 2.20. The zero-order chi connectivity index (χ0) is 11.1. The summed E-state index contributed by atoms with van der Waals surface area (Å²) in [6.07, 6.45) is 6.69. The Morgan fingerprint density at radius 1 is 1.47 bits per heavy atom. The van der Waals surface area contributed by atoms with Gasteiger partial charge in [0, 0.05) is 13.0 Å². The third-order valence-electron chi connectivity index (χ3n) is 3.22. The zero-order valence-corrected chi connectivity index (χ0v) is 9.80. The first-order valence-corrected chi connectivity index (χ1v) is 6.19. The average molecular weight is 212 g/mol. The second-order valence-corrected chi connectivity index (χ2v) is 4.83. The van der Waals surface area contributed by atoms with Crippen LogP contribution in [0.4, 0.5) is 0 Å². The molecule has 3 N–H and O–H groups in total. The Bertz CT molecular complexity index is 194. The second-order valence-electron chi connectivity index (χ2n) is 4.83. The Balaban J connectivity index is 2.13. The minimum absolute atomic E-state index is 0.211. The molecule has 1 saturated carbocycles. The van der Waals surface area contributed by atoms with E-state index in [-0.39, 0.29) is 5.91 Å². The lowest BCUT2D eigenvalue weighted by Gasteiger charge is -2.26. The van der Waals surface area contributed by atoms with Gasteiger partial charge in [-0.2, -0.15) is 0 Å². The van der Waals surface area contributed by atoms with Crippen molar-refractivity contribution in [3.8, 4) is 0 Å². The van der Waals surface area contributed by atoms with Crippen LogP contribution < -0.4 is 11.1 Å². The first-order chi connectivity index (χ1) is 7.22. The maximum Gasteiger partial charge on any atom is 0.220 e. The summed E-state index contributed by atoms with van der Waals surface area (Å²) in [5.74, 6) is 1.63. The predicted molar refractivity (Wildman–Crippen MR) is 62.4 cm³/mol. The van der Waals surface area contributed by atoms with Crippen molar-refractivity contribution in [3.63, 3.8) is 0 Å². The van der Waals surface area contributed by atoms with Gasteiger partial charge in [-0.3, -0.25) is 4.79 Å². The number of hydrogen-bond acceptors (Lipinski definition) is 2. The maximum absolute atomic E-state index is 11.5. The van der Waals surface area contributed by atoms with Gasteiger partial charge in [0.2, 0.25) is 5.91 Å². The van der Waals surface area contributed by atoms with Gasteiger partial charge in [0.05, 0.1) is 0 Å². The van der Waals surface area contributed by atoms with Gasteiger partial charge in [-0.25, -0.2) is 0 Å². The molecule has 0 spiro atoms. The molecule has 2 atom stereocenters. The van der Waals surface area contributed by atoms with Gasteiger partial charge in [0.15, 0.2) is 0 Å². The largest absolute Gasteiger partial charge is 0.356 e. The molecule has 88 valence electrons. The summed E-state index contributed by atoms with van der Waals surface area (Å²) in [6, 6.07) is 0. The fourth-order valence-corrected chi connectivity index (χ4v) is 2.41. The standard InChI is InChI=1S/C12H24N2O/c1-10-4-2-5-11(8-10)9-12(15)14-7-3-6-13/h10-11H,2-9,13H2,1H3,(H,14,15). The highest BCUT2D eigenvalue weighted by atomic mass is 16.1. The summed E-state index contributed by atoms with van der Waals surface area (Å²) in [6.45, 7) is 3.68. The number of rotatable bonds is 5. The van der Waals surface area contributed by atoms with E-state index in [0.717, 1.165) is 25.3 Å². The monoisotopic (exact) mass is 212 g/mol. The molecule has 0 aliphatic heterocycles. The quantitative estimate of drug-likeness (QED) is 0.681. The molecular weight excluding hydrogens is 188 g/mol. The predicted octanol–water partition coefficient (Wildman–Crippen LogP) is 1.67. The SMILES string of the molecule is CC1CCCC(CC(=O)NCCCN)C1. The molecular formula is C12H24N2O. The molecule has 0 bridgehead atoms. The van der Waals surface area contributed by atoms with Gasteiger partial charge in [-0.15, -0.1) is 0 Å². The molecule has 1 aliphatic carbocycles. The van der Waals surface area contributed by atoms with E-state index in [4.69, 9.17) is 5.73 Å². The van der Waals surface area contributed by atoms with E-state index in [0.29, 0.717) is 12.5 Å². The summed E-state index contributed by atoms with van der Waals surface area (Å²) >= 11 is 0. The molecule has 0 heterocycles. The number of nitrogens with one attached hydrogen (secondary N) is 1. The molecule has 1 amide bonds. The Labute approximate surface area is 92.8 Å². The van der Waals surface area contributed by atoms with Crippen LogP contribution in [0.1, 0.15) is 45.4 Å². The summed E-state index contributed by atoms with van der Waals surface area (Å²) in [4.78, 5) is 11.5. The fraction of sp³-hybridized carbons (Fsp3) is 0.917. The van der Waals surface area contributed by atoms with Crippen molar-refractivity contribution in [2.24, 2.45) is 17.6 Å². The van der Waals surface area contributed by atoms with Gasteiger partial charge >= 0.3 is 0 Å². The average Bonchev–Trinajstić information content (AvgIpc) is 2.18. The Morgan fingerprint density at radius 3 is 2.93 bits per heavy atom. The van der Waals surface area contributed by atoms with Crippen molar-refractivity contribution in [1.29, 1.82) is 0 Å². The number of amides is 1. The van der Waals surface area contributed by atoms with Crippen molar-refractivity contribution >= 4 is 5.91 Å². The lowest BCUT2D eigenvalue weighted by Crippen LogP contribution is -2.29. The van der Waals surface area contributed by atoms with Crippen LogP contribution in [0.5, 0.6) is 0 Å². The topological polar surface area (TPSA) is 55.1 Å². The summed E-state index contributed by atoms with van der Waals surface area (Å²) < 4.78 is 0. The first-order valence-electron chi connectivity index (χ1n) is 6.19. The molecule has 1 aliphatic rings. The molecule has 0 aromatic rings. The summed E-state index contributed by atoms with van der Waals surface area (Å²) in [5, 5.41) is 2.93. The molecule has 0 radical (unpaired) electrons. The van der Waals surface area contributed by atoms with Crippen LogP contribution >= 0.6 is 0 Å². The third kappa shape index (κ3) is 5.17. The van der Waals surface area contributed by atoms with Crippen LogP contribution in [0.3, 0.4) is 0 Å². The molecule has 2 unspecified atom stereocenters. The van der Waals surface area contributed by atoms with E-state index in [1.807, 2.05) is 0 Å². The Morgan fingerprint density at radius 2 is 2.27 bits per heavy atom. The third-order valence-corrected chi connectivity index (χ3v) is 3.22. The molecule has 3 heteroatoms. The van der Waals surface area contributed by atoms with Crippen LogP contribution in [-0.4, -0.2) is 19.0 Å². The second kappa shape index (κ2) is 6.83. The highest BCUT2D eigenvalue weighted by molar-refractivity contribution is 5.76. The van der Waals surface area contributed by atoms with E-state index in [2.05, 4.69) is 12.2 Å². The van der Waals surface area contributed by atoms with Crippen molar-refractivity contribution in [3.05, 3.63) is 0 Å². The number of carbonyl (C=O) groups excluding carboxylic acids is 1. The minimum Gasteiger partial charge on any atom is -0.356 e. The normalized spacial score (nSPS) is 26.3. The van der Waals surface area contributed by atoms with Gasteiger partial charge in [-0.05, 0) is 37.6 Å². The Kier molecular flexibility index (Phi) is 5.69. The van der Waals surface area contributed by atoms with E-state index in [9.17, 15) is 4.79 Å². The van der Waals surface area contributed by atoms with Crippen LogP contribution in [0.2, 0.25) is 0 Å². The van der Waals surface area contributed by atoms with Gasteiger partial charge in [0.1, 0.15) is 0 Å². The maximum atomic E-state index is 11.5. The van der Waals surface area contributed by atoms with Gasteiger partial charge in [0.25, 0.3) is 0 Å². The molecule has 0 saturated heterocycles. The molecule has 0 aromatic carbocycles. The lowest BCUT2D eigenvalue weighted by atomic mass is 9.81.